The second-order valence-corrected chi connectivity index (χ2v) is 8.43. The lowest BCUT2D eigenvalue weighted by atomic mass is 9.79. The van der Waals surface area contributed by atoms with Crippen molar-refractivity contribution in [2.24, 2.45) is 5.73 Å². The number of primary amides is 1. The highest BCUT2D eigenvalue weighted by atomic mass is 19.4. The minimum absolute atomic E-state index is 0.0592. The van der Waals surface area contributed by atoms with Crippen LogP contribution >= 0.6 is 0 Å². The van der Waals surface area contributed by atoms with E-state index in [2.05, 4.69) is 9.97 Å². The average molecular weight is 497 g/mol. The van der Waals surface area contributed by atoms with Crippen molar-refractivity contribution in [2.45, 2.75) is 43.6 Å². The van der Waals surface area contributed by atoms with Gasteiger partial charge in [0.05, 0.1) is 18.0 Å². The molecule has 1 aromatic carbocycles. The molecule has 0 aliphatic carbocycles. The first-order valence-corrected chi connectivity index (χ1v) is 10.5. The predicted octanol–water partition coefficient (Wildman–Crippen LogP) is 4.27. The first-order valence-electron chi connectivity index (χ1n) is 10.5. The Morgan fingerprint density at radius 2 is 2.00 bits per heavy atom. The summed E-state index contributed by atoms with van der Waals surface area (Å²) in [6.45, 7) is 0.882. The maximum absolute atomic E-state index is 14.5. The zero-order valence-corrected chi connectivity index (χ0v) is 18.5. The molecule has 2 aromatic heterocycles. The number of methoxy groups -OCH3 is 1. The number of ether oxygens (including phenoxy) is 2. The van der Waals surface area contributed by atoms with Crippen molar-refractivity contribution >= 4 is 16.8 Å². The van der Waals surface area contributed by atoms with E-state index in [1.54, 1.807) is 0 Å². The van der Waals surface area contributed by atoms with Gasteiger partial charge in [0, 0.05) is 29.4 Å². The van der Waals surface area contributed by atoms with E-state index in [1.165, 1.54) is 18.3 Å². The smallest absolute Gasteiger partial charge is 0.417 e. The molecule has 0 bridgehead atoms. The molecule has 0 spiro atoms. The molecule has 1 saturated heterocycles. The van der Waals surface area contributed by atoms with Gasteiger partial charge in [0.25, 0.3) is 5.91 Å². The van der Waals surface area contributed by atoms with Gasteiger partial charge in [0.1, 0.15) is 11.8 Å². The number of rotatable bonds is 4. The van der Waals surface area contributed by atoms with E-state index >= 15 is 0 Å². The van der Waals surface area contributed by atoms with Crippen LogP contribution in [0.4, 0.5) is 22.0 Å². The Balaban J connectivity index is 1.93. The lowest BCUT2D eigenvalue weighted by Crippen LogP contribution is -2.49. The Morgan fingerprint density at radius 3 is 2.63 bits per heavy atom. The molecule has 0 saturated carbocycles. The SMILES string of the molecule is COc1c([C@@H]2CC[C@](C)(C(F)(F)F)O[C@H]2c2cc(=O)c3c(C(N)=O)nccc3[nH]2)ccc(F)c1F. The number of H-pyrrole nitrogens is 1. The summed E-state index contributed by atoms with van der Waals surface area (Å²) in [6.07, 6.45) is -5.61. The van der Waals surface area contributed by atoms with Gasteiger partial charge in [0.15, 0.2) is 22.6 Å². The van der Waals surface area contributed by atoms with Crippen molar-refractivity contribution in [3.63, 3.8) is 0 Å². The second kappa shape index (κ2) is 8.59. The number of benzene rings is 1. The van der Waals surface area contributed by atoms with Gasteiger partial charge in [-0.1, -0.05) is 6.07 Å². The molecule has 0 unspecified atom stereocenters. The summed E-state index contributed by atoms with van der Waals surface area (Å²) in [6, 6.07) is 4.40. The van der Waals surface area contributed by atoms with Gasteiger partial charge in [-0.05, 0) is 31.9 Å². The van der Waals surface area contributed by atoms with Crippen LogP contribution in [0, 0.1) is 11.6 Å². The van der Waals surface area contributed by atoms with Gasteiger partial charge in [-0.15, -0.1) is 0 Å². The van der Waals surface area contributed by atoms with E-state index in [0.29, 0.717) is 0 Å². The molecule has 4 rings (SSSR count). The highest BCUT2D eigenvalue weighted by Gasteiger charge is 2.57. The molecule has 1 fully saturated rings. The minimum atomic E-state index is -4.76. The number of fused-ring (bicyclic) bond motifs is 1. The number of alkyl halides is 3. The van der Waals surface area contributed by atoms with Crippen LogP contribution in [0.3, 0.4) is 0 Å². The lowest BCUT2D eigenvalue weighted by molar-refractivity contribution is -0.302. The molecule has 1 aliphatic heterocycles. The standard InChI is InChI=1S/C23H20F5N3O4/c1-22(23(26,27)28)7-5-11(10-3-4-12(24)17(25)20(10)34-2)19(35-22)14-9-15(32)16-13(31-14)6-8-30-18(16)21(29)33/h3-4,6,8-9,11,19H,5,7H2,1-2H3,(H2,29,33)(H,31,32)/t11-,19+,22+/m0/s1. The third-order valence-electron chi connectivity index (χ3n) is 6.27. The molecular weight excluding hydrogens is 477 g/mol. The van der Waals surface area contributed by atoms with E-state index in [4.69, 9.17) is 15.2 Å². The molecule has 3 atom stereocenters. The fourth-order valence-electron chi connectivity index (χ4n) is 4.42. The number of halogens is 5. The van der Waals surface area contributed by atoms with Gasteiger partial charge < -0.3 is 20.2 Å². The van der Waals surface area contributed by atoms with E-state index in [0.717, 1.165) is 26.2 Å². The molecule has 0 radical (unpaired) electrons. The molecule has 3 heterocycles. The average Bonchev–Trinajstić information content (AvgIpc) is 2.79. The number of amides is 1. The summed E-state index contributed by atoms with van der Waals surface area (Å²) in [5.74, 6) is -4.86. The van der Waals surface area contributed by atoms with Gasteiger partial charge >= 0.3 is 6.18 Å². The lowest BCUT2D eigenvalue weighted by Gasteiger charge is -2.44. The van der Waals surface area contributed by atoms with E-state index in [-0.39, 0.29) is 34.3 Å². The van der Waals surface area contributed by atoms with Crippen LogP contribution in [0.25, 0.3) is 10.9 Å². The van der Waals surface area contributed by atoms with Crippen LogP contribution in [0.5, 0.6) is 5.75 Å². The number of aromatic nitrogens is 2. The summed E-state index contributed by atoms with van der Waals surface area (Å²) in [5, 5.41) is -0.139. The molecule has 12 heteroatoms. The second-order valence-electron chi connectivity index (χ2n) is 8.43. The summed E-state index contributed by atoms with van der Waals surface area (Å²) in [7, 11) is 1.11. The summed E-state index contributed by atoms with van der Waals surface area (Å²) in [4.78, 5) is 31.2. The van der Waals surface area contributed by atoms with E-state index < -0.39 is 58.9 Å². The highest BCUT2D eigenvalue weighted by molar-refractivity contribution is 6.03. The number of hydrogen-bond donors (Lipinski definition) is 2. The van der Waals surface area contributed by atoms with Gasteiger partial charge in [-0.3, -0.25) is 14.6 Å². The van der Waals surface area contributed by atoms with Crippen LogP contribution in [0.15, 0.2) is 35.3 Å². The third kappa shape index (κ3) is 4.11. The number of carbonyl (C=O) groups is 1. The quantitative estimate of drug-likeness (QED) is 0.524. The van der Waals surface area contributed by atoms with E-state index in [9.17, 15) is 31.5 Å². The van der Waals surface area contributed by atoms with Crippen LogP contribution < -0.4 is 15.9 Å². The van der Waals surface area contributed by atoms with Crippen molar-refractivity contribution < 1.29 is 36.2 Å². The molecule has 1 amide bonds. The molecule has 186 valence electrons. The maximum Gasteiger partial charge on any atom is 0.417 e. The van der Waals surface area contributed by atoms with E-state index in [1.807, 2.05) is 0 Å². The van der Waals surface area contributed by atoms with Crippen molar-refractivity contribution in [1.29, 1.82) is 0 Å². The number of nitrogens with one attached hydrogen (secondary N) is 1. The zero-order chi connectivity index (χ0) is 25.7. The topological polar surface area (TPSA) is 107 Å². The molecule has 35 heavy (non-hydrogen) atoms. The van der Waals surface area contributed by atoms with Crippen molar-refractivity contribution in [3.05, 3.63) is 69.3 Å². The number of pyridine rings is 2. The zero-order valence-electron chi connectivity index (χ0n) is 18.5. The Kier molecular flexibility index (Phi) is 6.04. The number of hydrogen-bond acceptors (Lipinski definition) is 5. The largest absolute Gasteiger partial charge is 0.493 e. The van der Waals surface area contributed by atoms with Crippen molar-refractivity contribution in [3.8, 4) is 5.75 Å². The van der Waals surface area contributed by atoms with Crippen LogP contribution in [-0.4, -0.2) is 34.8 Å². The van der Waals surface area contributed by atoms with Crippen LogP contribution in [0.1, 0.15) is 53.5 Å². The Hall–Kier alpha value is -3.54. The minimum Gasteiger partial charge on any atom is -0.493 e. The first-order chi connectivity index (χ1) is 16.4. The van der Waals surface area contributed by atoms with Crippen molar-refractivity contribution in [2.75, 3.05) is 7.11 Å². The van der Waals surface area contributed by atoms with Gasteiger partial charge in [-0.2, -0.15) is 17.6 Å². The third-order valence-corrected chi connectivity index (χ3v) is 6.27. The normalized spacial score (nSPS) is 22.8. The summed E-state index contributed by atoms with van der Waals surface area (Å²) in [5.41, 5.74) is 1.78. The van der Waals surface area contributed by atoms with Gasteiger partial charge in [0.2, 0.25) is 5.82 Å². The molecule has 3 N–H and O–H groups in total. The molecular formula is C23H20F5N3O4. The first kappa shape index (κ1) is 24.6. The highest BCUT2D eigenvalue weighted by Crippen LogP contribution is 2.52. The number of aromatic amines is 1. The Bertz CT molecular complexity index is 1370. The molecule has 1 aliphatic rings. The Morgan fingerprint density at radius 1 is 1.29 bits per heavy atom. The van der Waals surface area contributed by atoms with Crippen LogP contribution in [0.2, 0.25) is 0 Å². The molecule has 7 nitrogen and oxygen atoms in total. The fraction of sp³-hybridized carbons (Fsp3) is 0.348. The maximum atomic E-state index is 14.5. The monoisotopic (exact) mass is 497 g/mol. The summed E-state index contributed by atoms with van der Waals surface area (Å²) >= 11 is 0. The Labute approximate surface area is 195 Å². The van der Waals surface area contributed by atoms with Crippen molar-refractivity contribution in [1.82, 2.24) is 9.97 Å². The predicted molar refractivity (Wildman–Crippen MR) is 114 cm³/mol. The van der Waals surface area contributed by atoms with Gasteiger partial charge in [-0.25, -0.2) is 4.39 Å². The number of carbonyl (C=O) groups excluding carboxylic acids is 1. The molecule has 3 aromatic rings. The van der Waals surface area contributed by atoms with Crippen LogP contribution in [-0.2, 0) is 4.74 Å². The number of nitrogens with zero attached hydrogens (tertiary/aromatic N) is 1. The summed E-state index contributed by atoms with van der Waals surface area (Å²) < 4.78 is 80.5. The number of nitrogens with two attached hydrogens (primary N) is 1. The fourth-order valence-corrected chi connectivity index (χ4v) is 4.42.